The first-order valence-electron chi connectivity index (χ1n) is 8.81. The van der Waals surface area contributed by atoms with Crippen LogP contribution >= 0.6 is 22.7 Å². The van der Waals surface area contributed by atoms with E-state index in [-0.39, 0.29) is 0 Å². The van der Waals surface area contributed by atoms with Gasteiger partial charge in [0, 0.05) is 22.8 Å². The van der Waals surface area contributed by atoms with Gasteiger partial charge in [-0.05, 0) is 26.3 Å². The number of aromatic nitrogens is 3. The molecule has 4 rings (SSSR count). The van der Waals surface area contributed by atoms with Gasteiger partial charge in [0.15, 0.2) is 0 Å². The maximum Gasteiger partial charge on any atom is 0.146 e. The Bertz CT molecular complexity index is 914. The van der Waals surface area contributed by atoms with Crippen LogP contribution in [0.1, 0.15) is 26.8 Å². The van der Waals surface area contributed by atoms with E-state index in [0.29, 0.717) is 0 Å². The average Bonchev–Trinajstić information content (AvgIpc) is 3.17. The molecule has 0 unspecified atom stereocenters. The summed E-state index contributed by atoms with van der Waals surface area (Å²) in [5, 5.41) is 4.70. The van der Waals surface area contributed by atoms with Crippen LogP contribution in [0.3, 0.4) is 0 Å². The highest BCUT2D eigenvalue weighted by Crippen LogP contribution is 2.33. The van der Waals surface area contributed by atoms with Crippen LogP contribution < -0.4 is 5.32 Å². The lowest BCUT2D eigenvalue weighted by Gasteiger charge is -2.25. The second kappa shape index (κ2) is 7.56. The number of hydrogen-bond acceptors (Lipinski definition) is 8. The third-order valence-corrected chi connectivity index (χ3v) is 6.84. The number of morpholine rings is 1. The summed E-state index contributed by atoms with van der Waals surface area (Å²) in [4.78, 5) is 20.0. The second-order valence-electron chi connectivity index (χ2n) is 6.55. The molecule has 8 heteroatoms. The maximum atomic E-state index is 5.44. The summed E-state index contributed by atoms with van der Waals surface area (Å²) in [6, 6.07) is 0. The van der Waals surface area contributed by atoms with E-state index in [2.05, 4.69) is 29.0 Å². The minimum atomic E-state index is 0.744. The van der Waals surface area contributed by atoms with Crippen LogP contribution in [0.15, 0.2) is 5.51 Å². The number of ether oxygens (including phenoxy) is 1. The molecule has 1 saturated heterocycles. The van der Waals surface area contributed by atoms with Gasteiger partial charge in [0.05, 0.1) is 42.9 Å². The first-order valence-corrected chi connectivity index (χ1v) is 10.5. The molecule has 138 valence electrons. The molecule has 3 aromatic heterocycles. The number of thiophene rings is 1. The van der Waals surface area contributed by atoms with Crippen molar-refractivity contribution in [3.8, 4) is 0 Å². The Morgan fingerprint density at radius 2 is 2.00 bits per heavy atom. The van der Waals surface area contributed by atoms with Crippen LogP contribution in [0, 0.1) is 20.8 Å². The number of anilines is 1. The standard InChI is InChI=1S/C18H23N5OS2/c1-11-13(3)26-18-16(11)17(19-8-14-12(2)20-10-25-14)21-15(22-18)9-23-4-6-24-7-5-23/h10H,4-9H2,1-3H3,(H,19,21,22). The summed E-state index contributed by atoms with van der Waals surface area (Å²) >= 11 is 3.43. The van der Waals surface area contributed by atoms with E-state index < -0.39 is 0 Å². The Morgan fingerprint density at radius 1 is 1.19 bits per heavy atom. The predicted molar refractivity (Wildman–Crippen MR) is 107 cm³/mol. The molecule has 0 radical (unpaired) electrons. The van der Waals surface area contributed by atoms with Gasteiger partial charge in [0.1, 0.15) is 16.5 Å². The number of nitrogens with zero attached hydrogens (tertiary/aromatic N) is 4. The van der Waals surface area contributed by atoms with E-state index in [9.17, 15) is 0 Å². The van der Waals surface area contributed by atoms with Crippen LogP contribution in [-0.4, -0.2) is 46.2 Å². The largest absolute Gasteiger partial charge is 0.379 e. The summed E-state index contributed by atoms with van der Waals surface area (Å²) in [5.41, 5.74) is 4.25. The van der Waals surface area contributed by atoms with Gasteiger partial charge in [-0.2, -0.15) is 0 Å². The number of aryl methyl sites for hydroxylation is 3. The molecule has 1 aliphatic heterocycles. The Labute approximate surface area is 161 Å². The third kappa shape index (κ3) is 3.59. The molecule has 6 nitrogen and oxygen atoms in total. The molecule has 0 bridgehead atoms. The smallest absolute Gasteiger partial charge is 0.146 e. The normalized spacial score (nSPS) is 15.7. The molecule has 1 fully saturated rings. The van der Waals surface area contributed by atoms with Gasteiger partial charge in [0.2, 0.25) is 0 Å². The molecule has 26 heavy (non-hydrogen) atoms. The zero-order valence-corrected chi connectivity index (χ0v) is 17.0. The summed E-state index contributed by atoms with van der Waals surface area (Å²) in [6.07, 6.45) is 0. The van der Waals surface area contributed by atoms with E-state index in [1.807, 2.05) is 12.4 Å². The minimum Gasteiger partial charge on any atom is -0.379 e. The van der Waals surface area contributed by atoms with Gasteiger partial charge in [-0.3, -0.25) is 4.90 Å². The molecule has 0 spiro atoms. The van der Waals surface area contributed by atoms with E-state index >= 15 is 0 Å². The summed E-state index contributed by atoms with van der Waals surface area (Å²) in [5.74, 6) is 1.82. The summed E-state index contributed by atoms with van der Waals surface area (Å²) in [6.45, 7) is 11.3. The Hall–Kier alpha value is -1.61. The van der Waals surface area contributed by atoms with Crippen molar-refractivity contribution in [2.75, 3.05) is 31.6 Å². The van der Waals surface area contributed by atoms with Crippen molar-refractivity contribution >= 4 is 38.7 Å². The molecular weight excluding hydrogens is 366 g/mol. The zero-order valence-electron chi connectivity index (χ0n) is 15.3. The predicted octanol–water partition coefficient (Wildman–Crippen LogP) is 3.52. The summed E-state index contributed by atoms with van der Waals surface area (Å²) < 4.78 is 5.44. The number of thiazole rings is 1. The van der Waals surface area contributed by atoms with Gasteiger partial charge >= 0.3 is 0 Å². The van der Waals surface area contributed by atoms with E-state index in [0.717, 1.165) is 66.9 Å². The van der Waals surface area contributed by atoms with Crippen molar-refractivity contribution in [2.45, 2.75) is 33.9 Å². The van der Waals surface area contributed by atoms with E-state index in [4.69, 9.17) is 14.7 Å². The average molecular weight is 390 g/mol. The van der Waals surface area contributed by atoms with Crippen LogP contribution in [-0.2, 0) is 17.8 Å². The van der Waals surface area contributed by atoms with Gasteiger partial charge in [0.25, 0.3) is 0 Å². The first kappa shape index (κ1) is 17.8. The fraction of sp³-hybridized carbons (Fsp3) is 0.500. The van der Waals surface area contributed by atoms with Crippen molar-refractivity contribution in [2.24, 2.45) is 0 Å². The molecule has 0 saturated carbocycles. The monoisotopic (exact) mass is 389 g/mol. The molecular formula is C18H23N5OS2. The molecule has 0 amide bonds. The molecule has 0 atom stereocenters. The highest BCUT2D eigenvalue weighted by molar-refractivity contribution is 7.18. The Balaban J connectivity index is 1.65. The van der Waals surface area contributed by atoms with Crippen molar-refractivity contribution < 1.29 is 4.74 Å². The van der Waals surface area contributed by atoms with Gasteiger partial charge in [-0.25, -0.2) is 15.0 Å². The minimum absolute atomic E-state index is 0.744. The topological polar surface area (TPSA) is 63.2 Å². The molecule has 1 aliphatic rings. The lowest BCUT2D eigenvalue weighted by atomic mass is 10.2. The lowest BCUT2D eigenvalue weighted by molar-refractivity contribution is 0.0331. The second-order valence-corrected chi connectivity index (χ2v) is 8.70. The van der Waals surface area contributed by atoms with Gasteiger partial charge in [-0.15, -0.1) is 22.7 Å². The first-order chi connectivity index (χ1) is 12.6. The number of rotatable bonds is 5. The molecule has 0 aromatic carbocycles. The fourth-order valence-electron chi connectivity index (χ4n) is 3.11. The lowest BCUT2D eigenvalue weighted by Crippen LogP contribution is -2.36. The SMILES string of the molecule is Cc1ncsc1CNc1nc(CN2CCOCC2)nc2sc(C)c(C)c12. The van der Waals surface area contributed by atoms with Crippen molar-refractivity contribution in [1.82, 2.24) is 19.9 Å². The number of nitrogens with one attached hydrogen (secondary N) is 1. The van der Waals surface area contributed by atoms with E-state index in [1.54, 1.807) is 22.7 Å². The highest BCUT2D eigenvalue weighted by Gasteiger charge is 2.18. The molecule has 3 aromatic rings. The van der Waals surface area contributed by atoms with Crippen LogP contribution in [0.4, 0.5) is 5.82 Å². The Kier molecular flexibility index (Phi) is 5.17. The maximum absolute atomic E-state index is 5.44. The quantitative estimate of drug-likeness (QED) is 0.720. The Morgan fingerprint density at radius 3 is 2.73 bits per heavy atom. The van der Waals surface area contributed by atoms with E-state index in [1.165, 1.54) is 15.3 Å². The molecule has 4 heterocycles. The van der Waals surface area contributed by atoms with Crippen LogP contribution in [0.25, 0.3) is 10.2 Å². The fourth-order valence-corrected chi connectivity index (χ4v) is 4.88. The summed E-state index contributed by atoms with van der Waals surface area (Å²) in [7, 11) is 0. The van der Waals surface area contributed by atoms with Crippen LogP contribution in [0.2, 0.25) is 0 Å². The van der Waals surface area contributed by atoms with Crippen molar-refractivity contribution in [1.29, 1.82) is 0 Å². The van der Waals surface area contributed by atoms with Gasteiger partial charge < -0.3 is 10.1 Å². The highest BCUT2D eigenvalue weighted by atomic mass is 32.1. The zero-order chi connectivity index (χ0) is 18.1. The van der Waals surface area contributed by atoms with Crippen LogP contribution in [0.5, 0.6) is 0 Å². The van der Waals surface area contributed by atoms with Crippen molar-refractivity contribution in [3.05, 3.63) is 32.3 Å². The number of fused-ring (bicyclic) bond motifs is 1. The third-order valence-electron chi connectivity index (χ3n) is 4.80. The molecule has 1 N–H and O–H groups in total. The van der Waals surface area contributed by atoms with Gasteiger partial charge in [-0.1, -0.05) is 0 Å². The van der Waals surface area contributed by atoms with Crippen molar-refractivity contribution in [3.63, 3.8) is 0 Å². The number of hydrogen-bond donors (Lipinski definition) is 1. The molecule has 0 aliphatic carbocycles.